The van der Waals surface area contributed by atoms with E-state index in [1.54, 1.807) is 48.3 Å². The number of carbonyl (C=O) groups is 3. The standard InChI is InChI=1S/C31H37ClN6O6S/c1-35(31(41)28-10-12-33-44-28)24-11-15-36(18-24)19-25-4-2-14-38(25)29(39)20-37-13-3-5-27(30(37)40)34-45(42,43)26-9-7-21-16-23(32)8-6-22(21)17-26/h6-10,12,16-17,24-25,27,34H,2-5,11,13-15,18-20H2,1H3/t24?,25-,27-/m0/s1. The average molecular weight is 657 g/mol. The van der Waals surface area contributed by atoms with E-state index < -0.39 is 16.1 Å². The van der Waals surface area contributed by atoms with Gasteiger partial charge in [-0.1, -0.05) is 28.9 Å². The molecule has 240 valence electrons. The molecule has 0 saturated carbocycles. The van der Waals surface area contributed by atoms with Crippen LogP contribution in [0.15, 0.2) is 58.1 Å². The number of benzene rings is 2. The number of nitrogens with one attached hydrogen (secondary N) is 1. The molecule has 0 bridgehead atoms. The number of sulfonamides is 1. The van der Waals surface area contributed by atoms with Crippen LogP contribution in [0.25, 0.3) is 10.8 Å². The first-order chi connectivity index (χ1) is 21.6. The molecule has 3 aromatic rings. The van der Waals surface area contributed by atoms with Crippen molar-refractivity contribution in [3.8, 4) is 0 Å². The highest BCUT2D eigenvalue weighted by Crippen LogP contribution is 2.25. The van der Waals surface area contributed by atoms with Crippen LogP contribution in [-0.4, -0.2) is 115 Å². The fraction of sp³-hybridized carbons (Fsp3) is 0.484. The summed E-state index contributed by atoms with van der Waals surface area (Å²) in [5, 5.41) is 5.72. The van der Waals surface area contributed by atoms with E-state index in [0.29, 0.717) is 44.0 Å². The second-order valence-corrected chi connectivity index (χ2v) is 14.3. The second-order valence-electron chi connectivity index (χ2n) is 12.1. The van der Waals surface area contributed by atoms with Crippen molar-refractivity contribution in [2.75, 3.05) is 46.3 Å². The smallest absolute Gasteiger partial charge is 0.292 e. The van der Waals surface area contributed by atoms with Crippen molar-refractivity contribution < 1.29 is 27.3 Å². The zero-order chi connectivity index (χ0) is 31.7. The highest BCUT2D eigenvalue weighted by atomic mass is 35.5. The Morgan fingerprint density at radius 3 is 2.62 bits per heavy atom. The van der Waals surface area contributed by atoms with Crippen LogP contribution in [0.5, 0.6) is 0 Å². The van der Waals surface area contributed by atoms with Gasteiger partial charge in [0.15, 0.2) is 0 Å². The minimum atomic E-state index is -3.98. The molecule has 1 N–H and O–H groups in total. The lowest BCUT2D eigenvalue weighted by atomic mass is 10.1. The van der Waals surface area contributed by atoms with Crippen molar-refractivity contribution in [1.29, 1.82) is 0 Å². The summed E-state index contributed by atoms with van der Waals surface area (Å²) >= 11 is 6.05. The molecule has 3 atom stereocenters. The molecule has 0 aliphatic carbocycles. The summed E-state index contributed by atoms with van der Waals surface area (Å²) in [4.78, 5) is 47.0. The monoisotopic (exact) mass is 656 g/mol. The molecule has 3 amide bonds. The van der Waals surface area contributed by atoms with Gasteiger partial charge in [-0.2, -0.15) is 4.72 Å². The maximum atomic E-state index is 13.5. The maximum Gasteiger partial charge on any atom is 0.292 e. The predicted octanol–water partition coefficient (Wildman–Crippen LogP) is 2.59. The Morgan fingerprint density at radius 2 is 1.82 bits per heavy atom. The topological polar surface area (TPSA) is 136 Å². The highest BCUT2D eigenvalue weighted by molar-refractivity contribution is 7.89. The van der Waals surface area contributed by atoms with Crippen molar-refractivity contribution in [2.24, 2.45) is 0 Å². The molecule has 3 saturated heterocycles. The van der Waals surface area contributed by atoms with Crippen LogP contribution in [0.2, 0.25) is 5.02 Å². The van der Waals surface area contributed by atoms with E-state index in [-0.39, 0.29) is 47.0 Å². The van der Waals surface area contributed by atoms with E-state index in [0.717, 1.165) is 36.6 Å². The van der Waals surface area contributed by atoms with E-state index in [1.165, 1.54) is 17.2 Å². The van der Waals surface area contributed by atoms with Crippen molar-refractivity contribution >= 4 is 50.1 Å². The van der Waals surface area contributed by atoms with Gasteiger partial charge in [-0.05, 0) is 67.1 Å². The summed E-state index contributed by atoms with van der Waals surface area (Å²) in [6.45, 7) is 3.15. The summed E-state index contributed by atoms with van der Waals surface area (Å²) < 4.78 is 34.1. The van der Waals surface area contributed by atoms with Crippen molar-refractivity contribution in [3.05, 3.63) is 59.4 Å². The number of piperidine rings is 1. The lowest BCUT2D eigenvalue weighted by Gasteiger charge is -2.35. The van der Waals surface area contributed by atoms with Crippen molar-refractivity contribution in [2.45, 2.75) is 55.1 Å². The van der Waals surface area contributed by atoms with Gasteiger partial charge < -0.3 is 19.2 Å². The van der Waals surface area contributed by atoms with Gasteiger partial charge in [-0.25, -0.2) is 8.42 Å². The average Bonchev–Trinajstić information content (AvgIpc) is 3.81. The minimum Gasteiger partial charge on any atom is -0.351 e. The Bertz CT molecular complexity index is 1680. The molecule has 0 radical (unpaired) electrons. The van der Waals surface area contributed by atoms with Crippen LogP contribution in [0.4, 0.5) is 0 Å². The van der Waals surface area contributed by atoms with Crippen LogP contribution in [0.3, 0.4) is 0 Å². The highest BCUT2D eigenvalue weighted by Gasteiger charge is 2.38. The molecule has 6 rings (SSSR count). The number of likely N-dealkylation sites (tertiary alicyclic amines) is 3. The van der Waals surface area contributed by atoms with Gasteiger partial charge in [-0.15, -0.1) is 0 Å². The molecular weight excluding hydrogens is 620 g/mol. The van der Waals surface area contributed by atoms with Gasteiger partial charge in [0.1, 0.15) is 6.04 Å². The third kappa shape index (κ3) is 6.86. The Labute approximate surface area is 267 Å². The van der Waals surface area contributed by atoms with Gasteiger partial charge in [0.05, 0.1) is 17.6 Å². The van der Waals surface area contributed by atoms with Crippen molar-refractivity contribution in [1.82, 2.24) is 29.5 Å². The SMILES string of the molecule is CN(C(=O)c1ccno1)C1CCN(C[C@@H]2CCCN2C(=O)CN2CCC[C@H](NS(=O)(=O)c3ccc4cc(Cl)ccc4c3)C2=O)C1. The zero-order valence-electron chi connectivity index (χ0n) is 25.1. The van der Waals surface area contributed by atoms with E-state index in [4.69, 9.17) is 16.1 Å². The van der Waals surface area contributed by atoms with Crippen LogP contribution in [0.1, 0.15) is 42.7 Å². The number of nitrogens with zero attached hydrogens (tertiary/aromatic N) is 5. The number of amides is 3. The fourth-order valence-electron chi connectivity index (χ4n) is 6.69. The molecule has 14 heteroatoms. The second kappa shape index (κ2) is 13.1. The summed E-state index contributed by atoms with van der Waals surface area (Å²) in [6.07, 6.45) is 4.97. The predicted molar refractivity (Wildman–Crippen MR) is 167 cm³/mol. The number of fused-ring (bicyclic) bond motifs is 1. The molecular formula is C31H37ClN6O6S. The number of hydrogen-bond donors (Lipinski definition) is 1. The van der Waals surface area contributed by atoms with Crippen molar-refractivity contribution in [3.63, 3.8) is 0 Å². The van der Waals surface area contributed by atoms with Crippen LogP contribution >= 0.6 is 11.6 Å². The third-order valence-corrected chi connectivity index (χ3v) is 10.9. The molecule has 1 unspecified atom stereocenters. The van der Waals surface area contributed by atoms with E-state index >= 15 is 0 Å². The van der Waals surface area contributed by atoms with Crippen LogP contribution < -0.4 is 4.72 Å². The number of aromatic nitrogens is 1. The van der Waals surface area contributed by atoms with E-state index in [1.807, 2.05) is 4.90 Å². The first kappa shape index (κ1) is 31.5. The number of hydrogen-bond acceptors (Lipinski definition) is 8. The molecule has 12 nitrogen and oxygen atoms in total. The Morgan fingerprint density at radius 1 is 1.04 bits per heavy atom. The lowest BCUT2D eigenvalue weighted by Crippen LogP contribution is -2.55. The summed E-state index contributed by atoms with van der Waals surface area (Å²) in [5.41, 5.74) is 0. The first-order valence-corrected chi connectivity index (χ1v) is 17.2. The molecule has 4 heterocycles. The normalized spacial score (nSPS) is 22.8. The first-order valence-electron chi connectivity index (χ1n) is 15.3. The minimum absolute atomic E-state index is 0.0171. The number of halogens is 1. The molecule has 2 aromatic carbocycles. The summed E-state index contributed by atoms with van der Waals surface area (Å²) in [7, 11) is -2.21. The Kier molecular flexibility index (Phi) is 9.14. The van der Waals surface area contributed by atoms with Gasteiger partial charge in [0.2, 0.25) is 27.6 Å². The van der Waals surface area contributed by atoms with Gasteiger partial charge in [-0.3, -0.25) is 19.3 Å². The molecule has 1 aromatic heterocycles. The molecule has 3 fully saturated rings. The Hall–Kier alpha value is -3.52. The van der Waals surface area contributed by atoms with E-state index in [9.17, 15) is 22.8 Å². The van der Waals surface area contributed by atoms with E-state index in [2.05, 4.69) is 14.8 Å². The van der Waals surface area contributed by atoms with Crippen LogP contribution in [0, 0.1) is 0 Å². The third-order valence-electron chi connectivity index (χ3n) is 9.17. The molecule has 0 spiro atoms. The molecule has 3 aliphatic rings. The molecule has 3 aliphatic heterocycles. The zero-order valence-corrected chi connectivity index (χ0v) is 26.7. The van der Waals surface area contributed by atoms with Gasteiger partial charge in [0.25, 0.3) is 5.91 Å². The lowest BCUT2D eigenvalue weighted by molar-refractivity contribution is -0.143. The van der Waals surface area contributed by atoms with Gasteiger partial charge in [0, 0.05) is 62.9 Å². The quantitative estimate of drug-likeness (QED) is 0.371. The largest absolute Gasteiger partial charge is 0.351 e. The van der Waals surface area contributed by atoms with Crippen LogP contribution in [-0.2, 0) is 19.6 Å². The number of likely N-dealkylation sites (N-methyl/N-ethyl adjacent to an activating group) is 1. The van der Waals surface area contributed by atoms with Gasteiger partial charge >= 0.3 is 0 Å². The number of carbonyl (C=O) groups excluding carboxylic acids is 3. The summed E-state index contributed by atoms with van der Waals surface area (Å²) in [5.74, 6) is -0.504. The Balaban J connectivity index is 1.04. The maximum absolute atomic E-state index is 13.5. The fourth-order valence-corrected chi connectivity index (χ4v) is 8.13. The molecule has 45 heavy (non-hydrogen) atoms. The summed E-state index contributed by atoms with van der Waals surface area (Å²) in [6, 6.07) is 10.6. The number of rotatable bonds is 9.